The summed E-state index contributed by atoms with van der Waals surface area (Å²) < 4.78 is 0. The van der Waals surface area contributed by atoms with Crippen LogP contribution in [0.25, 0.3) is 28.3 Å². The van der Waals surface area contributed by atoms with Crippen molar-refractivity contribution in [2.75, 3.05) is 39.3 Å². The molecule has 1 heterocycles. The summed E-state index contributed by atoms with van der Waals surface area (Å²) in [7, 11) is 0. The second-order valence-corrected chi connectivity index (χ2v) is 2.39. The zero-order valence-electron chi connectivity index (χ0n) is 9.26. The normalized spacial score (nSPS) is 12.1. The Morgan fingerprint density at radius 3 is 1.44 bits per heavy atom. The standard InChI is InChI=1S/C5H8N.2C2H6N2.BrH.Co/c1-2-4-6-5-3-1;2*3-1-2-4;;/h1-2H,3-5H2;2*3-4H,1-2H2;1H;/q-1;2*-2;;+3/p-1. The fraction of sp³-hybridized carbons (Fsp3) is 0.778. The maximum atomic E-state index is 6.26. The Hall–Kier alpha value is 0.526. The van der Waals surface area contributed by atoms with Gasteiger partial charge in [0.2, 0.25) is 0 Å². The van der Waals surface area contributed by atoms with Crippen LogP contribution in [0, 0.1) is 0 Å². The van der Waals surface area contributed by atoms with Gasteiger partial charge in [0.1, 0.15) is 0 Å². The molecule has 0 aromatic rings. The molecule has 0 aromatic heterocycles. The summed E-state index contributed by atoms with van der Waals surface area (Å²) in [6.45, 7) is 2.93. The molecule has 1 rings (SSSR count). The molecule has 0 fully saturated rings. The van der Waals surface area contributed by atoms with Crippen LogP contribution in [0.2, 0.25) is 0 Å². The van der Waals surface area contributed by atoms with Gasteiger partial charge in [-0.1, -0.05) is 12.5 Å². The molecule has 0 bridgehead atoms. The van der Waals surface area contributed by atoms with Crippen molar-refractivity contribution in [2.45, 2.75) is 6.42 Å². The van der Waals surface area contributed by atoms with Crippen LogP contribution in [0.15, 0.2) is 12.2 Å². The molecule has 0 aliphatic carbocycles. The minimum absolute atomic E-state index is 0.236. The van der Waals surface area contributed by atoms with E-state index < -0.39 is 0 Å². The quantitative estimate of drug-likeness (QED) is 0.668. The molecule has 0 radical (unpaired) electrons. The number of hydrogen-bond acceptors (Lipinski definition) is 0. The molecular formula is C9H20BrCoN5-3. The zero-order valence-corrected chi connectivity index (χ0v) is 11.9. The second kappa shape index (κ2) is 29.6. The fourth-order valence-corrected chi connectivity index (χ4v) is 0.524. The molecule has 0 saturated heterocycles. The van der Waals surface area contributed by atoms with E-state index in [4.69, 9.17) is 22.9 Å². The first kappa shape index (κ1) is 21.8. The maximum absolute atomic E-state index is 6.26. The van der Waals surface area contributed by atoms with Crippen LogP contribution in [0.4, 0.5) is 0 Å². The molecular weight excluding hydrogens is 317 g/mol. The van der Waals surface area contributed by atoms with Gasteiger partial charge in [0.05, 0.1) is 0 Å². The van der Waals surface area contributed by atoms with E-state index >= 15 is 0 Å². The average Bonchev–Trinajstić information content (AvgIpc) is 2.43. The summed E-state index contributed by atoms with van der Waals surface area (Å²) in [5.74, 6) is 0. The zero-order chi connectivity index (χ0) is 13.1. The fourth-order valence-electron chi connectivity index (χ4n) is 0.524. The number of nitrogens with one attached hydrogen (secondary N) is 4. The van der Waals surface area contributed by atoms with Crippen LogP contribution in [0.1, 0.15) is 6.42 Å². The van der Waals surface area contributed by atoms with E-state index in [1.54, 1.807) is 0 Å². The summed E-state index contributed by atoms with van der Waals surface area (Å²) in [6.07, 6.45) is 5.43. The minimum atomic E-state index is 0.236. The third kappa shape index (κ3) is 36.6. The first-order valence-corrected chi connectivity index (χ1v) is 7.40. The Kier molecular flexibility index (Phi) is 40.2. The number of halogens is 1. The number of rotatable bonds is 2. The van der Waals surface area contributed by atoms with E-state index in [9.17, 15) is 0 Å². The van der Waals surface area contributed by atoms with Crippen LogP contribution in [-0.2, 0) is 13.9 Å². The molecule has 4 N–H and O–H groups in total. The molecule has 5 nitrogen and oxygen atoms in total. The van der Waals surface area contributed by atoms with Gasteiger partial charge in [0.25, 0.3) is 0 Å². The first-order chi connectivity index (χ1) is 7.83. The van der Waals surface area contributed by atoms with Gasteiger partial charge in [-0.05, 0) is 0 Å². The summed E-state index contributed by atoms with van der Waals surface area (Å²) in [5, 5.41) is 4.09. The van der Waals surface area contributed by atoms with Crippen molar-refractivity contribution in [3.05, 3.63) is 40.4 Å². The Morgan fingerprint density at radius 2 is 1.38 bits per heavy atom. The third-order valence-corrected chi connectivity index (χ3v) is 1.11. The molecule has 1 aliphatic heterocycles. The van der Waals surface area contributed by atoms with Gasteiger partial charge in [-0.2, -0.15) is 26.2 Å². The first-order valence-electron chi connectivity index (χ1n) is 4.82. The van der Waals surface area contributed by atoms with Gasteiger partial charge in [-0.3, -0.25) is 0 Å². The van der Waals surface area contributed by atoms with Gasteiger partial charge in [0, 0.05) is 0 Å². The summed E-state index contributed by atoms with van der Waals surface area (Å²) in [4.78, 5) is 0. The Morgan fingerprint density at radius 1 is 0.938 bits per heavy atom. The smallest absolute Gasteiger partial charge is 0.171 e. The summed E-state index contributed by atoms with van der Waals surface area (Å²) >= 11 is 6.00. The molecule has 0 aromatic carbocycles. The van der Waals surface area contributed by atoms with Crippen molar-refractivity contribution >= 4 is 14.2 Å². The third-order valence-electron chi connectivity index (χ3n) is 1.11. The molecule has 7 heteroatoms. The predicted octanol–water partition coefficient (Wildman–Crippen LogP) is 4.34. The van der Waals surface area contributed by atoms with Gasteiger partial charge in [0.15, 0.2) is 0 Å². The van der Waals surface area contributed by atoms with Crippen molar-refractivity contribution in [3.63, 3.8) is 0 Å². The molecule has 0 atom stereocenters. The number of nitrogens with zero attached hydrogens (tertiary/aromatic N) is 1. The van der Waals surface area contributed by atoms with Crippen molar-refractivity contribution < 1.29 is 13.9 Å². The van der Waals surface area contributed by atoms with E-state index in [0.717, 1.165) is 19.5 Å². The molecule has 0 spiro atoms. The van der Waals surface area contributed by atoms with Gasteiger partial charge >= 0.3 is 28.1 Å². The van der Waals surface area contributed by atoms with E-state index in [2.05, 4.69) is 45.6 Å². The van der Waals surface area contributed by atoms with E-state index in [-0.39, 0.29) is 26.2 Å². The summed E-state index contributed by atoms with van der Waals surface area (Å²) in [6, 6.07) is 0. The largest absolute Gasteiger partial charge is 0.679 e. The average molecular weight is 337 g/mol. The monoisotopic (exact) mass is 336 g/mol. The minimum Gasteiger partial charge on any atom is -0.679 e. The number of hydrogen-bond donors (Lipinski definition) is 0. The van der Waals surface area contributed by atoms with Crippen LogP contribution in [0.3, 0.4) is 0 Å². The van der Waals surface area contributed by atoms with Gasteiger partial charge in [-0.25, -0.2) is 0 Å². The van der Waals surface area contributed by atoms with Crippen molar-refractivity contribution in [1.82, 2.24) is 0 Å². The Bertz CT molecular complexity index is 100. The molecule has 0 saturated carbocycles. The maximum Gasteiger partial charge on any atom is -0.171 e. The van der Waals surface area contributed by atoms with Crippen LogP contribution < -0.4 is 0 Å². The van der Waals surface area contributed by atoms with Crippen LogP contribution in [-0.4, -0.2) is 39.3 Å². The molecule has 0 amide bonds. The van der Waals surface area contributed by atoms with E-state index in [1.165, 1.54) is 0 Å². The molecule has 0 unspecified atom stereocenters. The Labute approximate surface area is 114 Å². The SMILES string of the molecule is C1=CC[N-]CC1.[Co+2][Br].[NH-]CC[NH-].[NH-]CC[NH-]. The van der Waals surface area contributed by atoms with Gasteiger partial charge in [-0.15, -0.1) is 19.2 Å². The molecule has 16 heavy (non-hydrogen) atoms. The topological polar surface area (TPSA) is 109 Å². The van der Waals surface area contributed by atoms with Gasteiger partial charge < -0.3 is 28.3 Å². The van der Waals surface area contributed by atoms with E-state index in [0.29, 0.717) is 0 Å². The van der Waals surface area contributed by atoms with Crippen LogP contribution >= 0.6 is 14.2 Å². The summed E-state index contributed by atoms with van der Waals surface area (Å²) in [5.41, 5.74) is 25.1. The molecule has 100 valence electrons. The van der Waals surface area contributed by atoms with Crippen molar-refractivity contribution in [1.29, 1.82) is 0 Å². The van der Waals surface area contributed by atoms with Crippen molar-refractivity contribution in [3.8, 4) is 0 Å². The molecule has 1 aliphatic rings. The van der Waals surface area contributed by atoms with Crippen molar-refractivity contribution in [2.24, 2.45) is 0 Å². The second-order valence-electron chi connectivity index (χ2n) is 2.39. The Balaban J connectivity index is -0.000000152. The van der Waals surface area contributed by atoms with E-state index in [1.807, 2.05) is 0 Å². The predicted molar refractivity (Wildman–Crippen MR) is 72.5 cm³/mol. The van der Waals surface area contributed by atoms with Crippen LogP contribution in [0.5, 0.6) is 0 Å².